The molecule has 3 rings (SSSR count). The summed E-state index contributed by atoms with van der Waals surface area (Å²) in [6.45, 7) is 3.78. The van der Waals surface area contributed by atoms with Crippen molar-refractivity contribution in [3.8, 4) is 0 Å². The molecule has 1 aliphatic heterocycles. The summed E-state index contributed by atoms with van der Waals surface area (Å²) in [6.07, 6.45) is 2.79. The Hall–Kier alpha value is -1.81. The second kappa shape index (κ2) is 6.31. The van der Waals surface area contributed by atoms with Gasteiger partial charge in [0.05, 0.1) is 0 Å². The van der Waals surface area contributed by atoms with Crippen molar-refractivity contribution in [3.63, 3.8) is 0 Å². The van der Waals surface area contributed by atoms with Gasteiger partial charge in [-0.2, -0.15) is 0 Å². The van der Waals surface area contributed by atoms with Crippen LogP contribution in [0.3, 0.4) is 0 Å². The molecule has 0 spiro atoms. The minimum atomic E-state index is -0.193. The molecule has 1 aromatic heterocycles. The number of halogens is 2. The predicted octanol–water partition coefficient (Wildman–Crippen LogP) is 3.59. The zero-order valence-electron chi connectivity index (χ0n) is 11.7. The third-order valence-electron chi connectivity index (χ3n) is 3.76. The lowest BCUT2D eigenvalue weighted by Crippen LogP contribution is -2.30. The third kappa shape index (κ3) is 3.45. The Balaban J connectivity index is 1.70. The largest absolute Gasteiger partial charge is 0.370 e. The van der Waals surface area contributed by atoms with E-state index >= 15 is 0 Å². The van der Waals surface area contributed by atoms with Crippen LogP contribution in [0.2, 0.25) is 5.15 Å². The average Bonchev–Trinajstić information content (AvgIpc) is 2.74. The highest BCUT2D eigenvalue weighted by molar-refractivity contribution is 6.29. The number of nitrogens with zero attached hydrogens (tertiary/aromatic N) is 3. The first-order chi connectivity index (χ1) is 10.2. The van der Waals surface area contributed by atoms with E-state index in [0.717, 1.165) is 44.0 Å². The number of rotatable bonds is 2. The van der Waals surface area contributed by atoms with E-state index in [0.29, 0.717) is 5.15 Å². The molecule has 21 heavy (non-hydrogen) atoms. The minimum absolute atomic E-state index is 0.193. The van der Waals surface area contributed by atoms with E-state index in [4.69, 9.17) is 11.6 Å². The normalized spacial score (nSPS) is 15.9. The monoisotopic (exact) mass is 305 g/mol. The van der Waals surface area contributed by atoms with Crippen LogP contribution in [-0.2, 0) is 0 Å². The van der Waals surface area contributed by atoms with Crippen molar-refractivity contribution in [2.45, 2.75) is 6.42 Å². The van der Waals surface area contributed by atoms with E-state index in [1.807, 2.05) is 24.3 Å². The molecule has 1 aliphatic rings. The molecular formula is C16H17ClFN3. The highest BCUT2D eigenvalue weighted by Crippen LogP contribution is 2.21. The molecule has 110 valence electrons. The van der Waals surface area contributed by atoms with Gasteiger partial charge in [-0.15, -0.1) is 0 Å². The number of benzene rings is 1. The number of aromatic nitrogens is 1. The van der Waals surface area contributed by atoms with Crippen molar-refractivity contribution in [2.75, 3.05) is 36.0 Å². The lowest BCUT2D eigenvalue weighted by Gasteiger charge is -2.24. The van der Waals surface area contributed by atoms with Crippen LogP contribution in [0.1, 0.15) is 6.42 Å². The van der Waals surface area contributed by atoms with E-state index < -0.39 is 0 Å². The first-order valence-corrected chi connectivity index (χ1v) is 7.47. The molecule has 0 atom stereocenters. The van der Waals surface area contributed by atoms with Crippen LogP contribution < -0.4 is 9.80 Å². The van der Waals surface area contributed by atoms with Gasteiger partial charge in [0, 0.05) is 43.8 Å². The summed E-state index contributed by atoms with van der Waals surface area (Å²) in [4.78, 5) is 8.63. The van der Waals surface area contributed by atoms with Gasteiger partial charge in [-0.25, -0.2) is 9.37 Å². The number of hydrogen-bond donors (Lipinski definition) is 0. The van der Waals surface area contributed by atoms with Gasteiger partial charge in [-0.1, -0.05) is 11.6 Å². The van der Waals surface area contributed by atoms with Gasteiger partial charge in [0.1, 0.15) is 11.0 Å². The topological polar surface area (TPSA) is 19.4 Å². The van der Waals surface area contributed by atoms with E-state index in [2.05, 4.69) is 14.8 Å². The summed E-state index contributed by atoms with van der Waals surface area (Å²) in [5, 5.41) is 0.520. The Bertz CT molecular complexity index is 603. The predicted molar refractivity (Wildman–Crippen MR) is 84.7 cm³/mol. The maximum absolute atomic E-state index is 13.0. The standard InChI is InChI=1S/C16H17ClFN3/c17-16-12-15(6-7-19-16)21-9-1-8-20(10-11-21)14-4-2-13(18)3-5-14/h2-7,12H,1,8-11H2. The average molecular weight is 306 g/mol. The molecule has 1 saturated heterocycles. The summed E-state index contributed by atoms with van der Waals surface area (Å²) in [5.74, 6) is -0.193. The molecule has 0 N–H and O–H groups in total. The molecule has 3 nitrogen and oxygen atoms in total. The van der Waals surface area contributed by atoms with Crippen molar-refractivity contribution in [1.82, 2.24) is 4.98 Å². The number of anilines is 2. The van der Waals surface area contributed by atoms with Crippen LogP contribution >= 0.6 is 11.6 Å². The van der Waals surface area contributed by atoms with Crippen LogP contribution in [0.15, 0.2) is 42.6 Å². The number of hydrogen-bond acceptors (Lipinski definition) is 3. The van der Waals surface area contributed by atoms with Crippen molar-refractivity contribution in [1.29, 1.82) is 0 Å². The zero-order chi connectivity index (χ0) is 14.7. The second-order valence-corrected chi connectivity index (χ2v) is 5.53. The quantitative estimate of drug-likeness (QED) is 0.790. The van der Waals surface area contributed by atoms with Gasteiger partial charge in [0.2, 0.25) is 0 Å². The van der Waals surface area contributed by atoms with Crippen LogP contribution in [0.4, 0.5) is 15.8 Å². The molecule has 0 bridgehead atoms. The summed E-state index contributed by atoms with van der Waals surface area (Å²) < 4.78 is 13.0. The van der Waals surface area contributed by atoms with Crippen LogP contribution in [0.25, 0.3) is 0 Å². The molecule has 0 saturated carbocycles. The summed E-state index contributed by atoms with van der Waals surface area (Å²) >= 11 is 5.96. The molecule has 1 aromatic carbocycles. The van der Waals surface area contributed by atoms with Crippen molar-refractivity contribution in [2.24, 2.45) is 0 Å². The van der Waals surface area contributed by atoms with Gasteiger partial charge in [-0.05, 0) is 42.8 Å². The molecular weight excluding hydrogens is 289 g/mol. The lowest BCUT2D eigenvalue weighted by atomic mass is 10.2. The fourth-order valence-electron chi connectivity index (χ4n) is 2.67. The fraction of sp³-hybridized carbons (Fsp3) is 0.312. The lowest BCUT2D eigenvalue weighted by molar-refractivity contribution is 0.627. The van der Waals surface area contributed by atoms with Crippen molar-refractivity contribution < 1.29 is 4.39 Å². The Morgan fingerprint density at radius 2 is 1.57 bits per heavy atom. The fourth-order valence-corrected chi connectivity index (χ4v) is 2.84. The van der Waals surface area contributed by atoms with Crippen LogP contribution in [0, 0.1) is 5.82 Å². The summed E-state index contributed by atoms with van der Waals surface area (Å²) in [7, 11) is 0. The van der Waals surface area contributed by atoms with Crippen molar-refractivity contribution >= 4 is 23.0 Å². The first-order valence-electron chi connectivity index (χ1n) is 7.09. The van der Waals surface area contributed by atoms with Gasteiger partial charge < -0.3 is 9.80 Å². The highest BCUT2D eigenvalue weighted by Gasteiger charge is 2.16. The Morgan fingerprint density at radius 1 is 0.905 bits per heavy atom. The van der Waals surface area contributed by atoms with E-state index in [-0.39, 0.29) is 5.82 Å². The van der Waals surface area contributed by atoms with Gasteiger partial charge in [0.25, 0.3) is 0 Å². The molecule has 5 heteroatoms. The smallest absolute Gasteiger partial charge is 0.131 e. The van der Waals surface area contributed by atoms with Gasteiger partial charge in [-0.3, -0.25) is 0 Å². The summed E-state index contributed by atoms with van der Waals surface area (Å²) in [6, 6.07) is 10.6. The highest BCUT2D eigenvalue weighted by atomic mass is 35.5. The van der Waals surface area contributed by atoms with Crippen LogP contribution in [-0.4, -0.2) is 31.2 Å². The van der Waals surface area contributed by atoms with Gasteiger partial charge in [0.15, 0.2) is 0 Å². The summed E-state index contributed by atoms with van der Waals surface area (Å²) in [5.41, 5.74) is 2.18. The molecule has 0 amide bonds. The van der Waals surface area contributed by atoms with Crippen molar-refractivity contribution in [3.05, 3.63) is 53.6 Å². The zero-order valence-corrected chi connectivity index (χ0v) is 12.4. The first kappa shape index (κ1) is 14.1. The Kier molecular flexibility index (Phi) is 4.25. The SMILES string of the molecule is Fc1ccc(N2CCCN(c3ccnc(Cl)c3)CC2)cc1. The second-order valence-electron chi connectivity index (χ2n) is 5.14. The Morgan fingerprint density at radius 3 is 2.24 bits per heavy atom. The van der Waals surface area contributed by atoms with E-state index in [1.165, 1.54) is 12.1 Å². The maximum Gasteiger partial charge on any atom is 0.131 e. The molecule has 2 aromatic rings. The Labute approximate surface area is 129 Å². The molecule has 0 radical (unpaired) electrons. The maximum atomic E-state index is 13.0. The van der Waals surface area contributed by atoms with Crippen LogP contribution in [0.5, 0.6) is 0 Å². The molecule has 0 aliphatic carbocycles. The van der Waals surface area contributed by atoms with E-state index in [1.54, 1.807) is 6.20 Å². The van der Waals surface area contributed by atoms with E-state index in [9.17, 15) is 4.39 Å². The molecule has 1 fully saturated rings. The molecule has 0 unspecified atom stereocenters. The number of pyridine rings is 1. The third-order valence-corrected chi connectivity index (χ3v) is 3.97. The molecule has 2 heterocycles. The minimum Gasteiger partial charge on any atom is -0.370 e. The van der Waals surface area contributed by atoms with Gasteiger partial charge >= 0.3 is 0 Å².